The van der Waals surface area contributed by atoms with Crippen LogP contribution in [0.4, 0.5) is 0 Å². The van der Waals surface area contributed by atoms with Gasteiger partial charge >= 0.3 is 0 Å². The summed E-state index contributed by atoms with van der Waals surface area (Å²) in [4.78, 5) is 0. The lowest BCUT2D eigenvalue weighted by atomic mass is 9.47. The lowest BCUT2D eigenvalue weighted by Gasteiger charge is -2.58. The molecule has 160 valence electrons. The van der Waals surface area contributed by atoms with E-state index in [2.05, 4.69) is 40.7 Å². The number of allylic oxidation sites excluding steroid dienone is 1. The topological polar surface area (TPSA) is 20.2 Å². The van der Waals surface area contributed by atoms with Gasteiger partial charge in [-0.05, 0) is 97.7 Å². The second-order valence-electron chi connectivity index (χ2n) is 12.2. The molecule has 0 amide bonds. The van der Waals surface area contributed by atoms with Crippen molar-refractivity contribution in [2.45, 2.75) is 111 Å². The van der Waals surface area contributed by atoms with Crippen molar-refractivity contribution in [3.8, 4) is 0 Å². The van der Waals surface area contributed by atoms with Gasteiger partial charge in [0.2, 0.25) is 0 Å². The molecule has 3 fully saturated rings. The minimum Gasteiger partial charge on any atom is -0.393 e. The molecule has 4 rings (SSSR count). The first-order valence-electron chi connectivity index (χ1n) is 12.6. The van der Waals surface area contributed by atoms with Crippen molar-refractivity contribution in [1.82, 2.24) is 0 Å². The maximum Gasteiger partial charge on any atom is 0.0577 e. The van der Waals surface area contributed by atoms with Gasteiger partial charge in [0.15, 0.2) is 0 Å². The molecule has 0 aromatic rings. The van der Waals surface area contributed by atoms with E-state index in [0.717, 1.165) is 48.3 Å². The van der Waals surface area contributed by atoms with Crippen LogP contribution in [0.1, 0.15) is 105 Å². The van der Waals surface area contributed by atoms with Crippen LogP contribution in [0.5, 0.6) is 0 Å². The highest BCUT2D eigenvalue weighted by Crippen LogP contribution is 2.67. The maximum atomic E-state index is 10.2. The van der Waals surface area contributed by atoms with E-state index in [1.54, 1.807) is 5.57 Å². The van der Waals surface area contributed by atoms with E-state index in [1.807, 2.05) is 0 Å². The van der Waals surface area contributed by atoms with Crippen molar-refractivity contribution in [1.29, 1.82) is 0 Å². The van der Waals surface area contributed by atoms with E-state index >= 15 is 0 Å². The lowest BCUT2D eigenvalue weighted by Crippen LogP contribution is -2.50. The Morgan fingerprint density at radius 3 is 2.54 bits per heavy atom. The maximum absolute atomic E-state index is 10.2. The Kier molecular flexibility index (Phi) is 5.80. The molecule has 4 aliphatic rings. The molecular formula is C27H46O. The standard InChI is InChI=1S/C27H46O/c1-18(2)7-6-8-19(3)23-11-12-24-22-10-9-20-17-21(28)13-15-26(20,4)25(22)14-16-27(23,24)5/h9,18-19,21-25,28H,6-8,10-17H2,1-5H3/t19-,21+,22?,23-,24?,25?,26+,27-/m1/s1. The average molecular weight is 387 g/mol. The molecule has 1 N–H and O–H groups in total. The summed E-state index contributed by atoms with van der Waals surface area (Å²) < 4.78 is 0. The zero-order valence-electron chi connectivity index (χ0n) is 19.3. The van der Waals surface area contributed by atoms with Gasteiger partial charge in [-0.25, -0.2) is 0 Å². The highest BCUT2D eigenvalue weighted by molar-refractivity contribution is 5.25. The zero-order chi connectivity index (χ0) is 20.1. The van der Waals surface area contributed by atoms with Crippen molar-refractivity contribution in [3.63, 3.8) is 0 Å². The van der Waals surface area contributed by atoms with Crippen LogP contribution in [0.2, 0.25) is 0 Å². The number of rotatable bonds is 5. The van der Waals surface area contributed by atoms with Gasteiger partial charge in [-0.15, -0.1) is 0 Å². The largest absolute Gasteiger partial charge is 0.393 e. The summed E-state index contributed by atoms with van der Waals surface area (Å²) in [6.07, 6.45) is 17.2. The molecular weight excluding hydrogens is 340 g/mol. The molecule has 0 aromatic heterocycles. The fourth-order valence-electron chi connectivity index (χ4n) is 8.67. The third kappa shape index (κ3) is 3.42. The van der Waals surface area contributed by atoms with Crippen LogP contribution in [0.25, 0.3) is 0 Å². The van der Waals surface area contributed by atoms with Gasteiger partial charge in [-0.2, -0.15) is 0 Å². The Bertz CT molecular complexity index is 591. The van der Waals surface area contributed by atoms with Crippen molar-refractivity contribution < 1.29 is 5.11 Å². The highest BCUT2D eigenvalue weighted by atomic mass is 16.3. The van der Waals surface area contributed by atoms with Crippen molar-refractivity contribution in [2.24, 2.45) is 46.3 Å². The minimum atomic E-state index is -0.0766. The SMILES string of the molecule is CC(C)CCC[C@@H](C)[C@H]1CCC2C3CC=C4C[C@@H](O)CC[C@]4(C)C3CC[C@@]21C. The molecule has 0 heterocycles. The van der Waals surface area contributed by atoms with Gasteiger partial charge in [0.05, 0.1) is 6.10 Å². The Morgan fingerprint density at radius 1 is 1.00 bits per heavy atom. The first kappa shape index (κ1) is 21.0. The number of aliphatic hydroxyl groups is 1. The van der Waals surface area contributed by atoms with E-state index in [-0.39, 0.29) is 6.10 Å². The van der Waals surface area contributed by atoms with E-state index in [0.29, 0.717) is 10.8 Å². The van der Waals surface area contributed by atoms with Crippen LogP contribution in [-0.2, 0) is 0 Å². The van der Waals surface area contributed by atoms with Crippen molar-refractivity contribution >= 4 is 0 Å². The van der Waals surface area contributed by atoms with Crippen molar-refractivity contribution in [2.75, 3.05) is 0 Å². The number of aliphatic hydroxyl groups excluding tert-OH is 1. The second kappa shape index (κ2) is 7.75. The normalized spacial score (nSPS) is 46.5. The van der Waals surface area contributed by atoms with Gasteiger partial charge in [0.25, 0.3) is 0 Å². The first-order valence-corrected chi connectivity index (χ1v) is 12.6. The zero-order valence-corrected chi connectivity index (χ0v) is 19.3. The molecule has 0 aliphatic heterocycles. The third-order valence-corrected chi connectivity index (χ3v) is 10.3. The van der Waals surface area contributed by atoms with E-state index in [9.17, 15) is 5.11 Å². The molecule has 0 bridgehead atoms. The van der Waals surface area contributed by atoms with Gasteiger partial charge in [-0.3, -0.25) is 0 Å². The average Bonchev–Trinajstić information content (AvgIpc) is 2.99. The monoisotopic (exact) mass is 386 g/mol. The molecule has 1 heteroatoms. The minimum absolute atomic E-state index is 0.0766. The van der Waals surface area contributed by atoms with Crippen LogP contribution in [0.15, 0.2) is 11.6 Å². The van der Waals surface area contributed by atoms with Crippen LogP contribution in [-0.4, -0.2) is 11.2 Å². The fourth-order valence-corrected chi connectivity index (χ4v) is 8.67. The molecule has 3 unspecified atom stereocenters. The van der Waals surface area contributed by atoms with E-state index < -0.39 is 0 Å². The molecule has 1 nitrogen and oxygen atoms in total. The summed E-state index contributed by atoms with van der Waals surface area (Å²) in [6, 6.07) is 0. The van der Waals surface area contributed by atoms with Gasteiger partial charge < -0.3 is 5.11 Å². The van der Waals surface area contributed by atoms with E-state index in [4.69, 9.17) is 0 Å². The summed E-state index contributed by atoms with van der Waals surface area (Å²) in [5.74, 6) is 5.46. The predicted molar refractivity (Wildman–Crippen MR) is 119 cm³/mol. The molecule has 3 saturated carbocycles. The predicted octanol–water partition coefficient (Wildman–Crippen LogP) is 7.39. The summed E-state index contributed by atoms with van der Waals surface area (Å²) in [5.41, 5.74) is 2.60. The van der Waals surface area contributed by atoms with Crippen LogP contribution in [0.3, 0.4) is 0 Å². The number of hydrogen-bond donors (Lipinski definition) is 1. The number of fused-ring (bicyclic) bond motifs is 5. The molecule has 0 spiro atoms. The molecule has 28 heavy (non-hydrogen) atoms. The number of hydrogen-bond acceptors (Lipinski definition) is 1. The van der Waals surface area contributed by atoms with Gasteiger partial charge in [-0.1, -0.05) is 65.5 Å². The molecule has 0 saturated heterocycles. The molecule has 8 atom stereocenters. The Labute approximate surface area is 174 Å². The summed E-state index contributed by atoms with van der Waals surface area (Å²) >= 11 is 0. The Morgan fingerprint density at radius 2 is 1.79 bits per heavy atom. The van der Waals surface area contributed by atoms with Crippen LogP contribution >= 0.6 is 0 Å². The summed E-state index contributed by atoms with van der Waals surface area (Å²) in [5, 5.41) is 10.2. The second-order valence-corrected chi connectivity index (χ2v) is 12.2. The smallest absolute Gasteiger partial charge is 0.0577 e. The summed E-state index contributed by atoms with van der Waals surface area (Å²) in [7, 11) is 0. The fraction of sp³-hybridized carbons (Fsp3) is 0.926. The first-order chi connectivity index (χ1) is 13.3. The van der Waals surface area contributed by atoms with Crippen LogP contribution in [0, 0.1) is 46.3 Å². The molecule has 0 aromatic carbocycles. The van der Waals surface area contributed by atoms with E-state index in [1.165, 1.54) is 57.8 Å². The van der Waals surface area contributed by atoms with Crippen LogP contribution < -0.4 is 0 Å². The van der Waals surface area contributed by atoms with Crippen molar-refractivity contribution in [3.05, 3.63) is 11.6 Å². The Balaban J connectivity index is 1.49. The Hall–Kier alpha value is -0.300. The third-order valence-electron chi connectivity index (χ3n) is 10.3. The quantitative estimate of drug-likeness (QED) is 0.488. The lowest BCUT2D eigenvalue weighted by molar-refractivity contribution is -0.0573. The molecule has 0 radical (unpaired) electrons. The highest BCUT2D eigenvalue weighted by Gasteiger charge is 2.59. The van der Waals surface area contributed by atoms with Gasteiger partial charge in [0, 0.05) is 0 Å². The molecule has 4 aliphatic carbocycles. The van der Waals surface area contributed by atoms with Gasteiger partial charge in [0.1, 0.15) is 0 Å². The summed E-state index contributed by atoms with van der Waals surface area (Å²) in [6.45, 7) is 12.6.